The summed E-state index contributed by atoms with van der Waals surface area (Å²) in [4.78, 5) is 35.1. The molecule has 8 nitrogen and oxygen atoms in total. The predicted molar refractivity (Wildman–Crippen MR) is 87.7 cm³/mol. The molecule has 8 heteroatoms. The molecule has 0 radical (unpaired) electrons. The van der Waals surface area contributed by atoms with Gasteiger partial charge in [-0.25, -0.2) is 14.4 Å². The van der Waals surface area contributed by atoms with Gasteiger partial charge in [0.05, 0.1) is 31.8 Å². The first-order valence-corrected chi connectivity index (χ1v) is 7.23. The molecular formula is C17H16O8. The number of ether oxygens (including phenoxy) is 3. The summed E-state index contributed by atoms with van der Waals surface area (Å²) in [5.74, 6) is -1.94. The van der Waals surface area contributed by atoms with Crippen LogP contribution in [0.5, 0.6) is 11.5 Å². The maximum absolute atomic E-state index is 12.0. The highest BCUT2D eigenvalue weighted by atomic mass is 16.5. The molecule has 0 spiro atoms. The number of methoxy groups -OCH3 is 2. The van der Waals surface area contributed by atoms with Crippen LogP contribution in [0.2, 0.25) is 0 Å². The van der Waals surface area contributed by atoms with E-state index in [4.69, 9.17) is 13.9 Å². The molecular weight excluding hydrogens is 332 g/mol. The quantitative estimate of drug-likeness (QED) is 0.495. The molecule has 0 atom stereocenters. The molecule has 1 aromatic heterocycles. The second kappa shape index (κ2) is 7.52. The van der Waals surface area contributed by atoms with Crippen LogP contribution in [0.4, 0.5) is 0 Å². The number of aromatic hydroxyl groups is 1. The molecule has 0 aliphatic heterocycles. The van der Waals surface area contributed by atoms with Crippen molar-refractivity contribution in [2.24, 2.45) is 0 Å². The fraction of sp³-hybridized carbons (Fsp3) is 0.235. The molecule has 0 aliphatic rings. The lowest BCUT2D eigenvalue weighted by Crippen LogP contribution is -2.07. The molecule has 0 saturated carbocycles. The van der Waals surface area contributed by atoms with Crippen LogP contribution in [-0.2, 0) is 14.3 Å². The summed E-state index contributed by atoms with van der Waals surface area (Å²) in [5.41, 5.74) is -0.876. The highest BCUT2D eigenvalue weighted by molar-refractivity contribution is 6.01. The van der Waals surface area contributed by atoms with Gasteiger partial charge in [-0.3, -0.25) is 0 Å². The summed E-state index contributed by atoms with van der Waals surface area (Å²) < 4.78 is 19.6. The van der Waals surface area contributed by atoms with Crippen molar-refractivity contribution in [3.05, 3.63) is 39.8 Å². The zero-order valence-corrected chi connectivity index (χ0v) is 13.8. The van der Waals surface area contributed by atoms with Gasteiger partial charge in [-0.2, -0.15) is 0 Å². The Balaban J connectivity index is 2.64. The number of esters is 2. The zero-order valence-electron chi connectivity index (χ0n) is 13.8. The number of carbonyl (C=O) groups is 2. The third-order valence-corrected chi connectivity index (χ3v) is 3.29. The minimum atomic E-state index is -0.813. The second-order valence-electron chi connectivity index (χ2n) is 4.78. The van der Waals surface area contributed by atoms with Gasteiger partial charge in [-0.1, -0.05) is 0 Å². The SMILES string of the molecule is CCOC(=O)/C=C/c1cc2c(OC)c(O)c(C(=O)OC)cc2oc1=O. The summed E-state index contributed by atoms with van der Waals surface area (Å²) in [6, 6.07) is 2.55. The van der Waals surface area contributed by atoms with E-state index < -0.39 is 23.3 Å². The molecule has 1 heterocycles. The fourth-order valence-corrected chi connectivity index (χ4v) is 2.17. The van der Waals surface area contributed by atoms with E-state index in [0.29, 0.717) is 0 Å². The van der Waals surface area contributed by atoms with Crippen LogP contribution in [0, 0.1) is 0 Å². The van der Waals surface area contributed by atoms with Gasteiger partial charge >= 0.3 is 17.6 Å². The zero-order chi connectivity index (χ0) is 18.6. The Kier molecular flexibility index (Phi) is 5.43. The second-order valence-corrected chi connectivity index (χ2v) is 4.78. The van der Waals surface area contributed by atoms with Gasteiger partial charge in [0.2, 0.25) is 0 Å². The topological polar surface area (TPSA) is 112 Å². The van der Waals surface area contributed by atoms with E-state index in [0.717, 1.165) is 13.2 Å². The molecule has 132 valence electrons. The Labute approximate surface area is 142 Å². The van der Waals surface area contributed by atoms with Crippen LogP contribution in [0.1, 0.15) is 22.8 Å². The van der Waals surface area contributed by atoms with Gasteiger partial charge in [0, 0.05) is 12.1 Å². The minimum absolute atomic E-state index is 0.0216. The van der Waals surface area contributed by atoms with Crippen molar-refractivity contribution in [2.75, 3.05) is 20.8 Å². The average molecular weight is 348 g/mol. The number of hydrogen-bond acceptors (Lipinski definition) is 8. The largest absolute Gasteiger partial charge is 0.504 e. The Hall–Kier alpha value is -3.29. The molecule has 0 fully saturated rings. The molecule has 1 aromatic carbocycles. The maximum Gasteiger partial charge on any atom is 0.343 e. The molecule has 1 N–H and O–H groups in total. The molecule has 0 amide bonds. The summed E-state index contributed by atoms with van der Waals surface area (Å²) in [5, 5.41) is 10.4. The van der Waals surface area contributed by atoms with Gasteiger partial charge in [-0.15, -0.1) is 0 Å². The maximum atomic E-state index is 12.0. The van der Waals surface area contributed by atoms with Crippen LogP contribution in [-0.4, -0.2) is 37.9 Å². The van der Waals surface area contributed by atoms with Crippen LogP contribution in [0.15, 0.2) is 27.4 Å². The smallest absolute Gasteiger partial charge is 0.343 e. The standard InChI is InChI=1S/C17H16O8/c1-4-24-13(18)6-5-9-7-10-12(25-16(9)20)8-11(17(21)23-3)14(19)15(10)22-2/h5-8,19H,4H2,1-3H3/b6-5+. The molecule has 0 bridgehead atoms. The molecule has 2 aromatic rings. The predicted octanol–water partition coefficient (Wildman–Crippen LogP) is 1.87. The van der Waals surface area contributed by atoms with E-state index >= 15 is 0 Å². The first-order chi connectivity index (χ1) is 11.9. The van der Waals surface area contributed by atoms with Crippen molar-refractivity contribution in [2.45, 2.75) is 6.92 Å². The van der Waals surface area contributed by atoms with Gasteiger partial charge in [0.1, 0.15) is 11.1 Å². The first kappa shape index (κ1) is 18.1. The summed E-state index contributed by atoms with van der Waals surface area (Å²) in [7, 11) is 2.44. The number of carbonyl (C=O) groups excluding carboxylic acids is 2. The van der Waals surface area contributed by atoms with Crippen LogP contribution in [0.3, 0.4) is 0 Å². The fourth-order valence-electron chi connectivity index (χ4n) is 2.17. The number of fused-ring (bicyclic) bond motifs is 1. The summed E-state index contributed by atoms with van der Waals surface area (Å²) >= 11 is 0. The van der Waals surface area contributed by atoms with Crippen molar-refractivity contribution >= 4 is 29.0 Å². The first-order valence-electron chi connectivity index (χ1n) is 7.23. The molecule has 0 unspecified atom stereocenters. The molecule has 0 saturated heterocycles. The minimum Gasteiger partial charge on any atom is -0.504 e. The number of phenols is 1. The normalized spacial score (nSPS) is 10.8. The Morgan fingerprint density at radius 1 is 1.28 bits per heavy atom. The summed E-state index contributed by atoms with van der Waals surface area (Å²) in [6.07, 6.45) is 2.31. The molecule has 2 rings (SSSR count). The van der Waals surface area contributed by atoms with Crippen molar-refractivity contribution < 1.29 is 33.3 Å². The Bertz CT molecular complexity index is 907. The van der Waals surface area contributed by atoms with E-state index in [1.165, 1.54) is 25.3 Å². The Morgan fingerprint density at radius 2 is 2.00 bits per heavy atom. The molecule has 25 heavy (non-hydrogen) atoms. The average Bonchev–Trinajstić information content (AvgIpc) is 2.59. The lowest BCUT2D eigenvalue weighted by molar-refractivity contribution is -0.137. The number of hydrogen-bond donors (Lipinski definition) is 1. The van der Waals surface area contributed by atoms with Gasteiger partial charge < -0.3 is 23.7 Å². The van der Waals surface area contributed by atoms with Gasteiger partial charge in [0.25, 0.3) is 0 Å². The highest BCUT2D eigenvalue weighted by Gasteiger charge is 2.21. The van der Waals surface area contributed by atoms with Crippen LogP contribution >= 0.6 is 0 Å². The van der Waals surface area contributed by atoms with Crippen LogP contribution in [0.25, 0.3) is 17.0 Å². The van der Waals surface area contributed by atoms with Crippen molar-refractivity contribution in [1.82, 2.24) is 0 Å². The third-order valence-electron chi connectivity index (χ3n) is 3.29. The van der Waals surface area contributed by atoms with E-state index in [1.807, 2.05) is 0 Å². The van der Waals surface area contributed by atoms with Crippen molar-refractivity contribution in [1.29, 1.82) is 0 Å². The number of benzene rings is 1. The lowest BCUT2D eigenvalue weighted by atomic mass is 10.1. The summed E-state index contributed by atoms with van der Waals surface area (Å²) in [6.45, 7) is 1.86. The van der Waals surface area contributed by atoms with E-state index in [1.54, 1.807) is 6.92 Å². The van der Waals surface area contributed by atoms with E-state index in [9.17, 15) is 19.5 Å². The van der Waals surface area contributed by atoms with Gasteiger partial charge in [0.15, 0.2) is 11.5 Å². The van der Waals surface area contributed by atoms with Crippen LogP contribution < -0.4 is 10.4 Å². The van der Waals surface area contributed by atoms with E-state index in [2.05, 4.69) is 4.74 Å². The third kappa shape index (κ3) is 3.63. The highest BCUT2D eigenvalue weighted by Crippen LogP contribution is 2.38. The van der Waals surface area contributed by atoms with Gasteiger partial charge in [-0.05, 0) is 19.1 Å². The monoisotopic (exact) mass is 348 g/mol. The Morgan fingerprint density at radius 3 is 2.60 bits per heavy atom. The molecule has 0 aliphatic carbocycles. The van der Waals surface area contributed by atoms with E-state index in [-0.39, 0.29) is 34.5 Å². The lowest BCUT2D eigenvalue weighted by Gasteiger charge is -2.11. The van der Waals surface area contributed by atoms with Crippen molar-refractivity contribution in [3.63, 3.8) is 0 Å². The number of phenolic OH excluding ortho intramolecular Hbond substituents is 1. The van der Waals surface area contributed by atoms with Crippen molar-refractivity contribution in [3.8, 4) is 11.5 Å². The number of rotatable bonds is 5.